The van der Waals surface area contributed by atoms with Crippen molar-refractivity contribution in [3.05, 3.63) is 29.6 Å². The summed E-state index contributed by atoms with van der Waals surface area (Å²) >= 11 is 0. The zero-order valence-corrected chi connectivity index (χ0v) is 14.8. The van der Waals surface area contributed by atoms with Gasteiger partial charge in [-0.05, 0) is 37.5 Å². The molecule has 0 aliphatic carbocycles. The van der Waals surface area contributed by atoms with Gasteiger partial charge in [0.05, 0.1) is 0 Å². The Bertz CT molecular complexity index is 676. The maximum absolute atomic E-state index is 13.3. The number of benzene rings is 1. The van der Waals surface area contributed by atoms with E-state index in [1.165, 1.54) is 23.1 Å². The van der Waals surface area contributed by atoms with Crippen molar-refractivity contribution in [3.8, 4) is 0 Å². The highest BCUT2D eigenvalue weighted by molar-refractivity contribution is 6.39. The Balaban J connectivity index is 1.98. The molecule has 7 heteroatoms. The van der Waals surface area contributed by atoms with E-state index in [0.717, 1.165) is 6.42 Å². The molecule has 0 saturated carbocycles. The second kappa shape index (κ2) is 8.09. The van der Waals surface area contributed by atoms with Crippen LogP contribution in [-0.2, 0) is 14.4 Å². The number of amides is 3. The van der Waals surface area contributed by atoms with Crippen molar-refractivity contribution in [1.29, 1.82) is 0 Å². The molecule has 0 aromatic heterocycles. The number of nitrogens with one attached hydrogen (secondary N) is 2. The van der Waals surface area contributed by atoms with Gasteiger partial charge in [-0.3, -0.25) is 14.4 Å². The van der Waals surface area contributed by atoms with E-state index < -0.39 is 17.6 Å². The van der Waals surface area contributed by atoms with Crippen molar-refractivity contribution in [2.45, 2.75) is 39.7 Å². The zero-order chi connectivity index (χ0) is 18.6. The molecular formula is C18H24FN3O3. The summed E-state index contributed by atoms with van der Waals surface area (Å²) in [7, 11) is 0. The fourth-order valence-corrected chi connectivity index (χ4v) is 2.70. The predicted octanol–water partition coefficient (Wildman–Crippen LogP) is 1.84. The average Bonchev–Trinajstić information content (AvgIpc) is 2.57. The highest BCUT2D eigenvalue weighted by Crippen LogP contribution is 2.17. The van der Waals surface area contributed by atoms with Crippen LogP contribution in [0, 0.1) is 18.7 Å². The Morgan fingerprint density at radius 3 is 2.68 bits per heavy atom. The van der Waals surface area contributed by atoms with Crippen molar-refractivity contribution < 1.29 is 18.8 Å². The average molecular weight is 349 g/mol. The third-order valence-electron chi connectivity index (χ3n) is 4.22. The molecule has 1 unspecified atom stereocenters. The van der Waals surface area contributed by atoms with E-state index in [2.05, 4.69) is 10.6 Å². The van der Waals surface area contributed by atoms with Crippen molar-refractivity contribution in [2.75, 3.05) is 18.4 Å². The Morgan fingerprint density at radius 1 is 1.28 bits per heavy atom. The van der Waals surface area contributed by atoms with Gasteiger partial charge in [0.2, 0.25) is 5.91 Å². The first-order chi connectivity index (χ1) is 11.8. The summed E-state index contributed by atoms with van der Waals surface area (Å²) in [6.07, 6.45) is 1.48. The lowest BCUT2D eigenvalue weighted by molar-refractivity contribution is -0.144. The van der Waals surface area contributed by atoms with Gasteiger partial charge in [0.25, 0.3) is 0 Å². The van der Waals surface area contributed by atoms with Gasteiger partial charge in [0.1, 0.15) is 5.82 Å². The quantitative estimate of drug-likeness (QED) is 0.817. The number of carbonyl (C=O) groups excluding carboxylic acids is 3. The first-order valence-corrected chi connectivity index (χ1v) is 8.44. The van der Waals surface area contributed by atoms with Gasteiger partial charge in [0, 0.05) is 30.7 Å². The molecule has 1 aliphatic heterocycles. The molecule has 136 valence electrons. The Hall–Kier alpha value is -2.44. The normalized spacial score (nSPS) is 17.3. The molecule has 1 atom stereocenters. The van der Waals surface area contributed by atoms with Gasteiger partial charge in [-0.15, -0.1) is 0 Å². The molecule has 2 N–H and O–H groups in total. The fraction of sp³-hybridized carbons (Fsp3) is 0.500. The molecule has 3 amide bonds. The maximum atomic E-state index is 13.3. The number of halogens is 1. The summed E-state index contributed by atoms with van der Waals surface area (Å²) in [5, 5.41) is 5.36. The molecule has 1 fully saturated rings. The molecule has 25 heavy (non-hydrogen) atoms. The first-order valence-electron chi connectivity index (χ1n) is 8.44. The smallest absolute Gasteiger partial charge is 0.313 e. The molecule has 0 bridgehead atoms. The van der Waals surface area contributed by atoms with E-state index in [1.54, 1.807) is 20.8 Å². The Kier molecular flexibility index (Phi) is 6.12. The first kappa shape index (κ1) is 18.9. The minimum absolute atomic E-state index is 0.0702. The lowest BCUT2D eigenvalue weighted by Crippen LogP contribution is -2.52. The number of hydrogen-bond donors (Lipinski definition) is 2. The molecule has 1 aromatic carbocycles. The predicted molar refractivity (Wildman–Crippen MR) is 92.3 cm³/mol. The second-order valence-electron chi connectivity index (χ2n) is 6.67. The lowest BCUT2D eigenvalue weighted by Gasteiger charge is -2.33. The Labute approximate surface area is 146 Å². The highest BCUT2D eigenvalue weighted by Gasteiger charge is 2.29. The SMILES string of the molecule is Cc1ccc(F)cc1NC(=O)C(=O)N1CCCC(NC(=O)C(C)C)C1. The molecule has 1 aromatic rings. The van der Waals surface area contributed by atoms with Gasteiger partial charge < -0.3 is 15.5 Å². The van der Waals surface area contributed by atoms with Crippen molar-refractivity contribution in [3.63, 3.8) is 0 Å². The highest BCUT2D eigenvalue weighted by atomic mass is 19.1. The van der Waals surface area contributed by atoms with Crippen molar-refractivity contribution >= 4 is 23.4 Å². The summed E-state index contributed by atoms with van der Waals surface area (Å²) in [6.45, 7) is 6.08. The summed E-state index contributed by atoms with van der Waals surface area (Å²) in [6, 6.07) is 3.85. The largest absolute Gasteiger partial charge is 0.351 e. The van der Waals surface area contributed by atoms with Crippen LogP contribution in [0.25, 0.3) is 0 Å². The number of piperidine rings is 1. The van der Waals surface area contributed by atoms with E-state index in [0.29, 0.717) is 25.1 Å². The van der Waals surface area contributed by atoms with Crippen LogP contribution in [0.1, 0.15) is 32.3 Å². The Morgan fingerprint density at radius 2 is 2.00 bits per heavy atom. The van der Waals surface area contributed by atoms with Gasteiger partial charge >= 0.3 is 11.8 Å². The van der Waals surface area contributed by atoms with Crippen LogP contribution in [0.15, 0.2) is 18.2 Å². The van der Waals surface area contributed by atoms with Crippen LogP contribution in [0.4, 0.5) is 10.1 Å². The summed E-state index contributed by atoms with van der Waals surface area (Å²) in [5.41, 5.74) is 0.947. The summed E-state index contributed by atoms with van der Waals surface area (Å²) < 4.78 is 13.3. The van der Waals surface area contributed by atoms with Crippen molar-refractivity contribution in [1.82, 2.24) is 10.2 Å². The molecule has 6 nitrogen and oxygen atoms in total. The fourth-order valence-electron chi connectivity index (χ4n) is 2.70. The summed E-state index contributed by atoms with van der Waals surface area (Å²) in [5.74, 6) is -2.16. The number of nitrogens with zero attached hydrogens (tertiary/aromatic N) is 1. The topological polar surface area (TPSA) is 78.5 Å². The van der Waals surface area contributed by atoms with E-state index in [4.69, 9.17) is 0 Å². The number of anilines is 1. The molecule has 2 rings (SSSR count). The van der Waals surface area contributed by atoms with E-state index in [9.17, 15) is 18.8 Å². The molecule has 0 radical (unpaired) electrons. The van der Waals surface area contributed by atoms with E-state index in [1.807, 2.05) is 0 Å². The van der Waals surface area contributed by atoms with Crippen LogP contribution >= 0.6 is 0 Å². The number of carbonyl (C=O) groups is 3. The summed E-state index contributed by atoms with van der Waals surface area (Å²) in [4.78, 5) is 37.8. The molecule has 1 saturated heterocycles. The van der Waals surface area contributed by atoms with Gasteiger partial charge in [-0.2, -0.15) is 0 Å². The number of rotatable bonds is 3. The maximum Gasteiger partial charge on any atom is 0.313 e. The number of likely N-dealkylation sites (tertiary alicyclic amines) is 1. The minimum Gasteiger partial charge on any atom is -0.351 e. The van der Waals surface area contributed by atoms with Gasteiger partial charge in [-0.25, -0.2) is 4.39 Å². The molecule has 1 aliphatic rings. The van der Waals surface area contributed by atoms with Crippen LogP contribution in [0.2, 0.25) is 0 Å². The zero-order valence-electron chi connectivity index (χ0n) is 14.8. The number of hydrogen-bond acceptors (Lipinski definition) is 3. The third kappa shape index (κ3) is 5.01. The van der Waals surface area contributed by atoms with Gasteiger partial charge in [0.15, 0.2) is 0 Å². The molecule has 1 heterocycles. The van der Waals surface area contributed by atoms with E-state index in [-0.39, 0.29) is 23.6 Å². The minimum atomic E-state index is -0.801. The third-order valence-corrected chi connectivity index (χ3v) is 4.22. The van der Waals surface area contributed by atoms with E-state index >= 15 is 0 Å². The molecular weight excluding hydrogens is 325 g/mol. The molecule has 0 spiro atoms. The standard InChI is InChI=1S/C18H24FN3O3/c1-11(2)16(23)20-14-5-4-8-22(10-14)18(25)17(24)21-15-9-13(19)7-6-12(15)3/h6-7,9,11,14H,4-5,8,10H2,1-3H3,(H,20,23)(H,21,24). The van der Waals surface area contributed by atoms with Crippen LogP contribution in [-0.4, -0.2) is 41.8 Å². The van der Waals surface area contributed by atoms with Gasteiger partial charge in [-0.1, -0.05) is 19.9 Å². The number of aryl methyl sites for hydroxylation is 1. The van der Waals surface area contributed by atoms with Crippen LogP contribution < -0.4 is 10.6 Å². The second-order valence-corrected chi connectivity index (χ2v) is 6.67. The lowest BCUT2D eigenvalue weighted by atomic mass is 10.0. The van der Waals surface area contributed by atoms with Crippen molar-refractivity contribution in [2.24, 2.45) is 5.92 Å². The van der Waals surface area contributed by atoms with Crippen LogP contribution in [0.5, 0.6) is 0 Å². The van der Waals surface area contributed by atoms with Crippen LogP contribution in [0.3, 0.4) is 0 Å². The monoisotopic (exact) mass is 349 g/mol.